The standard InChI is InChI=1S/C50H35N3O/c1-2-35-15-9-10-18-36(35)21-13-14-34-24-26-39(27-25-34)42-32-33-45-46(43-22-11-12-23-44(43)54-45)47(42)50-52-48(40-19-7-4-8-20-40)51-49(53-50)41-30-28-38(29-31-41)37-16-5-3-6-17-37/h2-13,15-33H,1,14H2/b21-13-. The second-order valence-corrected chi connectivity index (χ2v) is 13.2. The van der Waals surface area contributed by atoms with E-state index in [0.29, 0.717) is 17.5 Å². The SMILES string of the molecule is C=Cc1ccccc1/C=C\Cc1ccc(-c2ccc3oc4ccccc4c3c2-c2nc(-c3ccccc3)nc(-c3ccc(-c4ccccc4)cc3)n2)cc1. The molecule has 2 aromatic heterocycles. The molecular formula is C50H35N3O. The van der Waals surface area contributed by atoms with Gasteiger partial charge in [0.05, 0.1) is 0 Å². The van der Waals surface area contributed by atoms with Crippen LogP contribution in [0, 0.1) is 0 Å². The Labute approximate surface area is 314 Å². The van der Waals surface area contributed by atoms with Crippen molar-refractivity contribution >= 4 is 34.1 Å². The molecule has 0 saturated heterocycles. The van der Waals surface area contributed by atoms with E-state index in [4.69, 9.17) is 19.4 Å². The van der Waals surface area contributed by atoms with Crippen molar-refractivity contribution in [2.75, 3.05) is 0 Å². The van der Waals surface area contributed by atoms with Crippen molar-refractivity contribution in [1.82, 2.24) is 15.0 Å². The first-order valence-electron chi connectivity index (χ1n) is 18.1. The highest BCUT2D eigenvalue weighted by Crippen LogP contribution is 2.42. The number of aromatic nitrogens is 3. The first-order valence-corrected chi connectivity index (χ1v) is 18.1. The number of furan rings is 1. The predicted octanol–water partition coefficient (Wildman–Crippen LogP) is 13.0. The van der Waals surface area contributed by atoms with Gasteiger partial charge in [0.15, 0.2) is 17.5 Å². The molecule has 4 nitrogen and oxygen atoms in total. The van der Waals surface area contributed by atoms with Crippen LogP contribution in [0.3, 0.4) is 0 Å². The molecule has 0 radical (unpaired) electrons. The van der Waals surface area contributed by atoms with Crippen LogP contribution < -0.4 is 0 Å². The second-order valence-electron chi connectivity index (χ2n) is 13.2. The Morgan fingerprint density at radius 3 is 1.74 bits per heavy atom. The third kappa shape index (κ3) is 6.42. The van der Waals surface area contributed by atoms with Crippen LogP contribution in [0.25, 0.3) is 90.5 Å². The van der Waals surface area contributed by atoms with Crippen LogP contribution in [0.15, 0.2) is 187 Å². The number of allylic oxidation sites excluding steroid dienone is 1. The molecule has 9 aromatic rings. The molecule has 0 bridgehead atoms. The van der Waals surface area contributed by atoms with Crippen molar-refractivity contribution < 1.29 is 4.42 Å². The Balaban J connectivity index is 1.18. The number of benzene rings is 7. The van der Waals surface area contributed by atoms with Gasteiger partial charge in [0, 0.05) is 27.5 Å². The maximum atomic E-state index is 6.42. The van der Waals surface area contributed by atoms with Gasteiger partial charge in [-0.15, -0.1) is 0 Å². The van der Waals surface area contributed by atoms with Crippen LogP contribution in [-0.2, 0) is 6.42 Å². The molecule has 54 heavy (non-hydrogen) atoms. The van der Waals surface area contributed by atoms with Gasteiger partial charge in [-0.25, -0.2) is 15.0 Å². The maximum Gasteiger partial charge on any atom is 0.165 e. The molecule has 256 valence electrons. The maximum absolute atomic E-state index is 6.42. The lowest BCUT2D eigenvalue weighted by Gasteiger charge is -2.14. The largest absolute Gasteiger partial charge is 0.456 e. The van der Waals surface area contributed by atoms with E-state index in [2.05, 4.69) is 128 Å². The second kappa shape index (κ2) is 14.5. The lowest BCUT2D eigenvalue weighted by atomic mass is 9.93. The zero-order chi connectivity index (χ0) is 36.3. The van der Waals surface area contributed by atoms with Gasteiger partial charge in [0.2, 0.25) is 0 Å². The van der Waals surface area contributed by atoms with Crippen LogP contribution in [0.1, 0.15) is 16.7 Å². The Hall–Kier alpha value is -7.17. The summed E-state index contributed by atoms with van der Waals surface area (Å²) in [6, 6.07) is 58.3. The summed E-state index contributed by atoms with van der Waals surface area (Å²) in [5.74, 6) is 1.80. The molecule has 0 spiro atoms. The molecule has 2 heterocycles. The predicted molar refractivity (Wildman–Crippen MR) is 224 cm³/mol. The summed E-state index contributed by atoms with van der Waals surface area (Å²) in [5.41, 5.74) is 12.2. The highest BCUT2D eigenvalue weighted by molar-refractivity contribution is 6.15. The zero-order valence-electron chi connectivity index (χ0n) is 29.6. The van der Waals surface area contributed by atoms with Gasteiger partial charge in [-0.1, -0.05) is 176 Å². The number of rotatable bonds is 9. The van der Waals surface area contributed by atoms with Crippen LogP contribution in [0.2, 0.25) is 0 Å². The van der Waals surface area contributed by atoms with E-state index in [-0.39, 0.29) is 0 Å². The van der Waals surface area contributed by atoms with E-state index < -0.39 is 0 Å². The molecule has 0 aliphatic rings. The fourth-order valence-electron chi connectivity index (χ4n) is 7.06. The molecule has 0 saturated carbocycles. The molecule has 0 N–H and O–H groups in total. The van der Waals surface area contributed by atoms with Gasteiger partial charge in [0.1, 0.15) is 11.2 Å². The van der Waals surface area contributed by atoms with Crippen LogP contribution >= 0.6 is 0 Å². The summed E-state index contributed by atoms with van der Waals surface area (Å²) >= 11 is 0. The average molecular weight is 694 g/mol. The molecule has 0 fully saturated rings. The molecule has 0 atom stereocenters. The minimum atomic E-state index is 0.589. The van der Waals surface area contributed by atoms with E-state index in [1.54, 1.807) is 0 Å². The normalized spacial score (nSPS) is 11.4. The van der Waals surface area contributed by atoms with E-state index in [1.165, 1.54) is 5.56 Å². The summed E-state index contributed by atoms with van der Waals surface area (Å²) < 4.78 is 6.42. The zero-order valence-corrected chi connectivity index (χ0v) is 29.6. The summed E-state index contributed by atoms with van der Waals surface area (Å²) in [7, 11) is 0. The summed E-state index contributed by atoms with van der Waals surface area (Å²) in [5, 5.41) is 1.99. The van der Waals surface area contributed by atoms with Crippen molar-refractivity contribution in [3.63, 3.8) is 0 Å². The molecule has 0 unspecified atom stereocenters. The fourth-order valence-corrected chi connectivity index (χ4v) is 7.06. The van der Waals surface area contributed by atoms with Crippen LogP contribution in [0.4, 0.5) is 0 Å². The number of hydrogen-bond acceptors (Lipinski definition) is 4. The van der Waals surface area contributed by atoms with Crippen LogP contribution in [-0.4, -0.2) is 15.0 Å². The van der Waals surface area contributed by atoms with Crippen LogP contribution in [0.5, 0.6) is 0 Å². The third-order valence-corrected chi connectivity index (χ3v) is 9.82. The van der Waals surface area contributed by atoms with Gasteiger partial charge in [-0.3, -0.25) is 0 Å². The van der Waals surface area contributed by atoms with Gasteiger partial charge in [-0.2, -0.15) is 0 Å². The smallest absolute Gasteiger partial charge is 0.165 e. The highest BCUT2D eigenvalue weighted by Gasteiger charge is 2.22. The number of hydrogen-bond donors (Lipinski definition) is 0. The lowest BCUT2D eigenvalue weighted by molar-refractivity contribution is 0.669. The Morgan fingerprint density at radius 2 is 1.02 bits per heavy atom. The minimum absolute atomic E-state index is 0.589. The molecule has 9 rings (SSSR count). The minimum Gasteiger partial charge on any atom is -0.456 e. The summed E-state index contributed by atoms with van der Waals surface area (Å²) in [6.07, 6.45) is 7.07. The van der Waals surface area contributed by atoms with Gasteiger partial charge in [0.25, 0.3) is 0 Å². The number of nitrogens with zero attached hydrogens (tertiary/aromatic N) is 3. The lowest BCUT2D eigenvalue weighted by Crippen LogP contribution is -2.01. The molecule has 0 aliphatic carbocycles. The Kier molecular flexibility index (Phi) is 8.76. The number of fused-ring (bicyclic) bond motifs is 3. The van der Waals surface area contributed by atoms with Crippen molar-refractivity contribution in [2.45, 2.75) is 6.42 Å². The highest BCUT2D eigenvalue weighted by atomic mass is 16.3. The van der Waals surface area contributed by atoms with Crippen molar-refractivity contribution in [1.29, 1.82) is 0 Å². The number of para-hydroxylation sites is 1. The van der Waals surface area contributed by atoms with Crippen molar-refractivity contribution in [3.8, 4) is 56.4 Å². The molecule has 0 amide bonds. The first-order chi connectivity index (χ1) is 26.7. The monoisotopic (exact) mass is 693 g/mol. The third-order valence-electron chi connectivity index (χ3n) is 9.82. The van der Waals surface area contributed by atoms with E-state index >= 15 is 0 Å². The molecular weight excluding hydrogens is 659 g/mol. The summed E-state index contributed by atoms with van der Waals surface area (Å²) in [6.45, 7) is 3.96. The molecule has 7 aromatic carbocycles. The molecule has 0 aliphatic heterocycles. The molecule has 4 heteroatoms. The average Bonchev–Trinajstić information content (AvgIpc) is 3.63. The van der Waals surface area contributed by atoms with Gasteiger partial charge >= 0.3 is 0 Å². The van der Waals surface area contributed by atoms with Gasteiger partial charge in [-0.05, 0) is 63.6 Å². The van der Waals surface area contributed by atoms with Crippen molar-refractivity contribution in [2.24, 2.45) is 0 Å². The summed E-state index contributed by atoms with van der Waals surface area (Å²) in [4.78, 5) is 15.5. The fraction of sp³-hybridized carbons (Fsp3) is 0.0200. The van der Waals surface area contributed by atoms with E-state index in [1.807, 2.05) is 66.7 Å². The van der Waals surface area contributed by atoms with E-state index in [0.717, 1.165) is 78.4 Å². The van der Waals surface area contributed by atoms with E-state index in [9.17, 15) is 0 Å². The Morgan fingerprint density at radius 1 is 0.463 bits per heavy atom. The first kappa shape index (κ1) is 32.7. The topological polar surface area (TPSA) is 51.8 Å². The van der Waals surface area contributed by atoms with Crippen molar-refractivity contribution in [3.05, 3.63) is 199 Å². The quantitative estimate of drug-likeness (QED) is 0.151. The van der Waals surface area contributed by atoms with Gasteiger partial charge < -0.3 is 4.42 Å². The Bertz CT molecular complexity index is 2780.